The predicted octanol–water partition coefficient (Wildman–Crippen LogP) is 5.45. The van der Waals surface area contributed by atoms with Crippen molar-refractivity contribution in [3.05, 3.63) is 69.6 Å². The first-order valence-corrected chi connectivity index (χ1v) is 12.2. The Morgan fingerprint density at radius 2 is 1.94 bits per heavy atom. The number of benzene rings is 2. The number of nitrogens with zero attached hydrogens (tertiary/aromatic N) is 3. The van der Waals surface area contributed by atoms with Gasteiger partial charge in [-0.1, -0.05) is 55.8 Å². The number of thiophene rings is 1. The lowest BCUT2D eigenvalue weighted by Crippen LogP contribution is -2.34. The summed E-state index contributed by atoms with van der Waals surface area (Å²) < 4.78 is 44.8. The Morgan fingerprint density at radius 3 is 2.64 bits per heavy atom. The summed E-state index contributed by atoms with van der Waals surface area (Å²) in [6, 6.07) is 12.9. The SMILES string of the molecule is CC(C)Cn1c(-c2sc3ccccc3c2Cl)nn(CC(=O)NCc2cccc(OC(F)(F)F)c2)c1=O. The number of halogens is 4. The molecule has 1 amide bonds. The first kappa shape index (κ1) is 25.8. The van der Waals surface area contributed by atoms with Gasteiger partial charge in [-0.2, -0.15) is 0 Å². The zero-order chi connectivity index (χ0) is 26.0. The summed E-state index contributed by atoms with van der Waals surface area (Å²) in [7, 11) is 0. The lowest BCUT2D eigenvalue weighted by atomic mass is 10.2. The molecule has 0 aliphatic carbocycles. The molecular formula is C24H22ClF3N4O3S. The van der Waals surface area contributed by atoms with Gasteiger partial charge in [0.25, 0.3) is 0 Å². The molecule has 0 atom stereocenters. The normalized spacial score (nSPS) is 11.9. The van der Waals surface area contributed by atoms with Crippen molar-refractivity contribution in [3.8, 4) is 16.5 Å². The van der Waals surface area contributed by atoms with Crippen molar-refractivity contribution < 1.29 is 22.7 Å². The molecule has 7 nitrogen and oxygen atoms in total. The highest BCUT2D eigenvalue weighted by Gasteiger charge is 2.31. The third-order valence-electron chi connectivity index (χ3n) is 5.12. The molecule has 2 aromatic carbocycles. The van der Waals surface area contributed by atoms with Crippen molar-refractivity contribution in [2.24, 2.45) is 5.92 Å². The summed E-state index contributed by atoms with van der Waals surface area (Å²) in [4.78, 5) is 26.4. The average molecular weight is 539 g/mol. The van der Waals surface area contributed by atoms with E-state index in [0.717, 1.165) is 14.8 Å². The van der Waals surface area contributed by atoms with Crippen LogP contribution in [0.25, 0.3) is 20.8 Å². The molecule has 1 N–H and O–H groups in total. The largest absolute Gasteiger partial charge is 0.573 e. The van der Waals surface area contributed by atoms with Crippen LogP contribution < -0.4 is 15.7 Å². The molecule has 4 rings (SSSR count). The molecule has 0 radical (unpaired) electrons. The van der Waals surface area contributed by atoms with Gasteiger partial charge in [0.2, 0.25) is 5.91 Å². The minimum absolute atomic E-state index is 0.0512. The number of amides is 1. The van der Waals surface area contributed by atoms with Gasteiger partial charge in [0, 0.05) is 23.2 Å². The van der Waals surface area contributed by atoms with E-state index in [0.29, 0.717) is 27.8 Å². The molecule has 36 heavy (non-hydrogen) atoms. The highest BCUT2D eigenvalue weighted by atomic mass is 35.5. The van der Waals surface area contributed by atoms with Crippen molar-refractivity contribution in [1.29, 1.82) is 0 Å². The van der Waals surface area contributed by atoms with Gasteiger partial charge in [-0.3, -0.25) is 9.36 Å². The first-order chi connectivity index (χ1) is 17.0. The van der Waals surface area contributed by atoms with Crippen molar-refractivity contribution in [1.82, 2.24) is 19.7 Å². The molecule has 4 aromatic rings. The molecule has 0 aliphatic rings. The fourth-order valence-electron chi connectivity index (χ4n) is 3.64. The average Bonchev–Trinajstić information content (AvgIpc) is 3.28. The smallest absolute Gasteiger partial charge is 0.406 e. The van der Waals surface area contributed by atoms with Crippen molar-refractivity contribution in [2.45, 2.75) is 39.8 Å². The zero-order valence-corrected chi connectivity index (χ0v) is 20.9. The van der Waals surface area contributed by atoms with E-state index in [4.69, 9.17) is 11.6 Å². The minimum Gasteiger partial charge on any atom is -0.406 e. The van der Waals surface area contributed by atoms with Crippen LogP contribution in [0.1, 0.15) is 19.4 Å². The van der Waals surface area contributed by atoms with Crippen LogP contribution in [0.2, 0.25) is 5.02 Å². The standard InChI is InChI=1S/C24H22ClF3N4O3S/c1-14(2)12-31-22(21-20(25)17-8-3-4-9-18(17)36-21)30-32(23(31)34)13-19(33)29-11-15-6-5-7-16(10-15)35-24(26,27)28/h3-10,14H,11-13H2,1-2H3,(H,29,33). The van der Waals surface area contributed by atoms with Gasteiger partial charge in [-0.05, 0) is 29.7 Å². The molecular weight excluding hydrogens is 517 g/mol. The second kappa shape index (κ2) is 10.4. The van der Waals surface area contributed by atoms with E-state index in [1.54, 1.807) is 6.07 Å². The van der Waals surface area contributed by atoms with E-state index in [1.165, 1.54) is 34.1 Å². The van der Waals surface area contributed by atoms with Crippen molar-refractivity contribution in [3.63, 3.8) is 0 Å². The second-order valence-electron chi connectivity index (χ2n) is 8.48. The fourth-order valence-corrected chi connectivity index (χ4v) is 5.15. The van der Waals surface area contributed by atoms with Gasteiger partial charge in [-0.25, -0.2) is 9.48 Å². The minimum atomic E-state index is -4.81. The topological polar surface area (TPSA) is 78.2 Å². The Hall–Kier alpha value is -3.31. The molecule has 0 fully saturated rings. The monoisotopic (exact) mass is 538 g/mol. The number of ether oxygens (including phenoxy) is 1. The highest BCUT2D eigenvalue weighted by molar-refractivity contribution is 7.23. The molecule has 0 aliphatic heterocycles. The molecule has 0 unspecified atom stereocenters. The van der Waals surface area contributed by atoms with Gasteiger partial charge in [0.05, 0.1) is 9.90 Å². The van der Waals surface area contributed by atoms with Gasteiger partial charge in [0.1, 0.15) is 12.3 Å². The molecule has 0 spiro atoms. The third-order valence-corrected chi connectivity index (χ3v) is 6.79. The summed E-state index contributed by atoms with van der Waals surface area (Å²) in [5, 5.41) is 8.37. The van der Waals surface area contributed by atoms with Crippen molar-refractivity contribution in [2.75, 3.05) is 0 Å². The molecule has 12 heteroatoms. The Kier molecular flexibility index (Phi) is 7.41. The third kappa shape index (κ3) is 5.90. The number of fused-ring (bicyclic) bond motifs is 1. The number of nitrogens with one attached hydrogen (secondary N) is 1. The van der Waals surface area contributed by atoms with Gasteiger partial charge in [0.15, 0.2) is 5.82 Å². The maximum Gasteiger partial charge on any atom is 0.573 e. The van der Waals surface area contributed by atoms with Crippen molar-refractivity contribution >= 4 is 38.9 Å². The van der Waals surface area contributed by atoms with Crippen LogP contribution in [0.3, 0.4) is 0 Å². The highest BCUT2D eigenvalue weighted by Crippen LogP contribution is 2.41. The van der Waals surface area contributed by atoms with Crippen LogP contribution in [0.4, 0.5) is 13.2 Å². The number of hydrogen-bond donors (Lipinski definition) is 1. The Bertz CT molecular complexity index is 1460. The number of aromatic nitrogens is 3. The summed E-state index contributed by atoms with van der Waals surface area (Å²) >= 11 is 8.04. The van der Waals surface area contributed by atoms with Gasteiger partial charge in [-0.15, -0.1) is 29.6 Å². The second-order valence-corrected chi connectivity index (χ2v) is 9.91. The van der Waals surface area contributed by atoms with E-state index in [1.807, 2.05) is 38.1 Å². The number of carbonyl (C=O) groups is 1. The molecule has 0 bridgehead atoms. The number of hydrogen-bond acceptors (Lipinski definition) is 5. The van der Waals surface area contributed by atoms with Crippen LogP contribution in [-0.4, -0.2) is 26.6 Å². The summed E-state index contributed by atoms with van der Waals surface area (Å²) in [6.45, 7) is 3.89. The number of alkyl halides is 3. The quantitative estimate of drug-likeness (QED) is 0.323. The lowest BCUT2D eigenvalue weighted by Gasteiger charge is -2.10. The molecule has 0 saturated carbocycles. The zero-order valence-electron chi connectivity index (χ0n) is 19.3. The van der Waals surface area contributed by atoms with Gasteiger partial charge >= 0.3 is 12.1 Å². The predicted molar refractivity (Wildman–Crippen MR) is 132 cm³/mol. The van der Waals surface area contributed by atoms with E-state index >= 15 is 0 Å². The molecule has 2 aromatic heterocycles. The van der Waals surface area contributed by atoms with E-state index in [-0.39, 0.29) is 24.8 Å². The Morgan fingerprint density at radius 1 is 1.19 bits per heavy atom. The van der Waals surface area contributed by atoms with Crippen LogP contribution in [0.5, 0.6) is 5.75 Å². The first-order valence-electron chi connectivity index (χ1n) is 11.0. The van der Waals surface area contributed by atoms with E-state index in [9.17, 15) is 22.8 Å². The Labute approximate surface area is 213 Å². The van der Waals surface area contributed by atoms with Crippen LogP contribution in [0, 0.1) is 5.92 Å². The fraction of sp³-hybridized carbons (Fsp3) is 0.292. The van der Waals surface area contributed by atoms with Crippen LogP contribution >= 0.6 is 22.9 Å². The number of carbonyl (C=O) groups excluding carboxylic acids is 1. The molecule has 2 heterocycles. The lowest BCUT2D eigenvalue weighted by molar-refractivity contribution is -0.274. The summed E-state index contributed by atoms with van der Waals surface area (Å²) in [5.41, 5.74) is -0.0523. The van der Waals surface area contributed by atoms with Crippen LogP contribution in [-0.2, 0) is 24.4 Å². The molecule has 190 valence electrons. The summed E-state index contributed by atoms with van der Waals surface area (Å²) in [5.74, 6) is -0.401. The maximum atomic E-state index is 13.1. The van der Waals surface area contributed by atoms with Crippen LogP contribution in [0.15, 0.2) is 53.3 Å². The number of rotatable bonds is 8. The maximum absolute atomic E-state index is 13.1. The molecule has 0 saturated heterocycles. The van der Waals surface area contributed by atoms with Gasteiger partial charge < -0.3 is 10.1 Å². The summed E-state index contributed by atoms with van der Waals surface area (Å²) in [6.07, 6.45) is -4.81. The Balaban J connectivity index is 1.55. The van der Waals surface area contributed by atoms with E-state index < -0.39 is 18.0 Å². The van der Waals surface area contributed by atoms with E-state index in [2.05, 4.69) is 15.2 Å².